The molecule has 0 radical (unpaired) electrons. The van der Waals surface area contributed by atoms with E-state index >= 15 is 0 Å². The van der Waals surface area contributed by atoms with E-state index in [-0.39, 0.29) is 0 Å². The first-order valence-electron chi connectivity index (χ1n) is 6.98. The molecule has 2 rings (SSSR count). The maximum atomic E-state index is 10.5. The van der Waals surface area contributed by atoms with Crippen molar-refractivity contribution in [1.29, 1.82) is 0 Å². The maximum absolute atomic E-state index is 10.5. The van der Waals surface area contributed by atoms with E-state index in [0.717, 1.165) is 16.9 Å². The molecule has 5 nitrogen and oxygen atoms in total. The fourth-order valence-electron chi connectivity index (χ4n) is 1.84. The summed E-state index contributed by atoms with van der Waals surface area (Å²) in [4.78, 5) is 15.4. The molecule has 0 aliphatic rings. The number of hydrogen-bond donors (Lipinski definition) is 1. The van der Waals surface area contributed by atoms with Crippen LogP contribution in [0, 0.1) is 0 Å². The van der Waals surface area contributed by atoms with Crippen LogP contribution in [0.3, 0.4) is 0 Å². The Morgan fingerprint density at radius 3 is 2.43 bits per heavy atom. The molecule has 0 heterocycles. The normalized spacial score (nSPS) is 11.4. The number of rotatable bonds is 7. The molecule has 0 aromatic heterocycles. The SMILES string of the molecule is COc1ccc(/C=C/C(=N/OCC(=O)O)c2ccccc2)cc1. The molecule has 0 unspecified atom stereocenters. The minimum Gasteiger partial charge on any atom is -0.497 e. The number of carbonyl (C=O) groups is 1. The van der Waals surface area contributed by atoms with Gasteiger partial charge in [-0.15, -0.1) is 0 Å². The fourth-order valence-corrected chi connectivity index (χ4v) is 1.84. The number of carboxylic acids is 1. The van der Waals surface area contributed by atoms with Crippen molar-refractivity contribution in [2.75, 3.05) is 13.7 Å². The Labute approximate surface area is 134 Å². The second kappa shape index (κ2) is 8.38. The topological polar surface area (TPSA) is 68.1 Å². The number of ether oxygens (including phenoxy) is 1. The van der Waals surface area contributed by atoms with Crippen molar-refractivity contribution in [3.8, 4) is 5.75 Å². The Morgan fingerprint density at radius 1 is 1.13 bits per heavy atom. The summed E-state index contributed by atoms with van der Waals surface area (Å²) in [6.45, 7) is -0.479. The van der Waals surface area contributed by atoms with Crippen LogP contribution in [0.2, 0.25) is 0 Å². The summed E-state index contributed by atoms with van der Waals surface area (Å²) in [7, 11) is 1.62. The van der Waals surface area contributed by atoms with Crippen LogP contribution >= 0.6 is 0 Å². The second-order valence-electron chi connectivity index (χ2n) is 4.62. The molecule has 0 atom stereocenters. The van der Waals surface area contributed by atoms with E-state index in [1.165, 1.54) is 0 Å². The fraction of sp³-hybridized carbons (Fsp3) is 0.111. The zero-order chi connectivity index (χ0) is 16.5. The molecule has 0 amide bonds. The molecule has 2 aromatic rings. The second-order valence-corrected chi connectivity index (χ2v) is 4.62. The van der Waals surface area contributed by atoms with Gasteiger partial charge in [-0.05, 0) is 23.8 Å². The Kier molecular flexibility index (Phi) is 5.94. The lowest BCUT2D eigenvalue weighted by molar-refractivity contribution is -0.142. The molecule has 0 aliphatic heterocycles. The van der Waals surface area contributed by atoms with Crippen LogP contribution in [-0.2, 0) is 9.63 Å². The lowest BCUT2D eigenvalue weighted by atomic mass is 10.1. The first-order chi connectivity index (χ1) is 11.2. The predicted octanol–water partition coefficient (Wildman–Crippen LogP) is 3.21. The van der Waals surface area contributed by atoms with Crippen molar-refractivity contribution in [1.82, 2.24) is 0 Å². The Morgan fingerprint density at radius 2 is 1.83 bits per heavy atom. The van der Waals surface area contributed by atoms with Crippen molar-refractivity contribution in [3.05, 3.63) is 71.8 Å². The third kappa shape index (κ3) is 5.32. The number of oxime groups is 1. The van der Waals surface area contributed by atoms with Crippen molar-refractivity contribution in [3.63, 3.8) is 0 Å². The average molecular weight is 311 g/mol. The monoisotopic (exact) mass is 311 g/mol. The average Bonchev–Trinajstić information content (AvgIpc) is 2.59. The molecule has 0 spiro atoms. The van der Waals surface area contributed by atoms with Crippen LogP contribution in [0.15, 0.2) is 65.8 Å². The molecule has 0 bridgehead atoms. The third-order valence-corrected chi connectivity index (χ3v) is 2.97. The number of methoxy groups -OCH3 is 1. The third-order valence-electron chi connectivity index (χ3n) is 2.97. The lowest BCUT2D eigenvalue weighted by Crippen LogP contribution is -2.06. The highest BCUT2D eigenvalue weighted by molar-refractivity contribution is 6.10. The number of hydrogen-bond acceptors (Lipinski definition) is 4. The number of nitrogens with zero attached hydrogens (tertiary/aromatic N) is 1. The number of benzene rings is 2. The molecular weight excluding hydrogens is 294 g/mol. The highest BCUT2D eigenvalue weighted by Crippen LogP contribution is 2.13. The van der Waals surface area contributed by atoms with Crippen LogP contribution in [0.5, 0.6) is 5.75 Å². The summed E-state index contributed by atoms with van der Waals surface area (Å²) in [5.74, 6) is -0.288. The van der Waals surface area contributed by atoms with E-state index in [1.54, 1.807) is 13.2 Å². The summed E-state index contributed by atoms with van der Waals surface area (Å²) in [6.07, 6.45) is 3.65. The van der Waals surface area contributed by atoms with E-state index < -0.39 is 12.6 Å². The smallest absolute Gasteiger partial charge is 0.344 e. The van der Waals surface area contributed by atoms with Gasteiger partial charge in [-0.2, -0.15) is 0 Å². The molecule has 0 saturated heterocycles. The van der Waals surface area contributed by atoms with Gasteiger partial charge in [-0.25, -0.2) is 4.79 Å². The molecule has 2 aromatic carbocycles. The van der Waals surface area contributed by atoms with Gasteiger partial charge in [0.1, 0.15) is 11.5 Å². The van der Waals surface area contributed by atoms with Crippen molar-refractivity contribution >= 4 is 17.8 Å². The first-order valence-corrected chi connectivity index (χ1v) is 6.98. The molecule has 0 fully saturated rings. The van der Waals surface area contributed by atoms with E-state index in [2.05, 4.69) is 5.16 Å². The summed E-state index contributed by atoms with van der Waals surface area (Å²) >= 11 is 0. The van der Waals surface area contributed by atoms with Gasteiger partial charge < -0.3 is 14.7 Å². The zero-order valence-corrected chi connectivity index (χ0v) is 12.7. The number of allylic oxidation sites excluding steroid dienone is 1. The van der Waals surface area contributed by atoms with Gasteiger partial charge >= 0.3 is 5.97 Å². The van der Waals surface area contributed by atoms with Gasteiger partial charge in [0.15, 0.2) is 0 Å². The Bertz CT molecular complexity index is 691. The lowest BCUT2D eigenvalue weighted by Gasteiger charge is -2.02. The number of carboxylic acid groups (broad SMARTS) is 1. The van der Waals surface area contributed by atoms with E-state index in [9.17, 15) is 4.79 Å². The van der Waals surface area contributed by atoms with Gasteiger partial charge in [0.2, 0.25) is 6.61 Å². The van der Waals surface area contributed by atoms with Gasteiger partial charge in [0, 0.05) is 5.56 Å². The molecule has 1 N–H and O–H groups in total. The summed E-state index contributed by atoms with van der Waals surface area (Å²) in [6, 6.07) is 17.0. The Hall–Kier alpha value is -3.08. The zero-order valence-electron chi connectivity index (χ0n) is 12.7. The standard InChI is InChI=1S/C18H17NO4/c1-22-16-10-7-14(8-11-16)9-12-17(19-23-13-18(20)21)15-5-3-2-4-6-15/h2-12H,13H2,1H3,(H,20,21)/b12-9+,19-17-. The molecule has 5 heteroatoms. The van der Waals surface area contributed by atoms with Gasteiger partial charge in [0.25, 0.3) is 0 Å². The maximum Gasteiger partial charge on any atom is 0.344 e. The summed E-state index contributed by atoms with van der Waals surface area (Å²) < 4.78 is 5.12. The molecule has 0 aliphatic carbocycles. The van der Waals surface area contributed by atoms with Gasteiger partial charge in [0.05, 0.1) is 7.11 Å². The molecular formula is C18H17NO4. The summed E-state index contributed by atoms with van der Waals surface area (Å²) in [5, 5.41) is 12.5. The van der Waals surface area contributed by atoms with Gasteiger partial charge in [-0.1, -0.05) is 53.7 Å². The highest BCUT2D eigenvalue weighted by Gasteiger charge is 2.02. The quantitative estimate of drug-likeness (QED) is 0.630. The number of aliphatic carboxylic acids is 1. The van der Waals surface area contributed by atoms with Crippen LogP contribution in [0.25, 0.3) is 6.08 Å². The van der Waals surface area contributed by atoms with Gasteiger partial charge in [-0.3, -0.25) is 0 Å². The van der Waals surface area contributed by atoms with E-state index in [0.29, 0.717) is 5.71 Å². The minimum atomic E-state index is -1.07. The molecule has 0 saturated carbocycles. The Balaban J connectivity index is 2.19. The van der Waals surface area contributed by atoms with Crippen molar-refractivity contribution in [2.45, 2.75) is 0 Å². The highest BCUT2D eigenvalue weighted by atomic mass is 16.6. The van der Waals surface area contributed by atoms with E-state index in [1.807, 2.05) is 60.7 Å². The first kappa shape index (κ1) is 16.3. The largest absolute Gasteiger partial charge is 0.497 e. The van der Waals surface area contributed by atoms with Crippen LogP contribution in [0.4, 0.5) is 0 Å². The molecule has 118 valence electrons. The minimum absolute atomic E-state index is 0.479. The van der Waals surface area contributed by atoms with Crippen molar-refractivity contribution in [2.24, 2.45) is 5.16 Å². The van der Waals surface area contributed by atoms with Crippen LogP contribution in [0.1, 0.15) is 11.1 Å². The van der Waals surface area contributed by atoms with Crippen molar-refractivity contribution < 1.29 is 19.5 Å². The molecule has 23 heavy (non-hydrogen) atoms. The summed E-state index contributed by atoms with van der Waals surface area (Å²) in [5.41, 5.74) is 2.35. The van der Waals surface area contributed by atoms with Crippen LogP contribution < -0.4 is 4.74 Å². The predicted molar refractivity (Wildman–Crippen MR) is 88.6 cm³/mol. The van der Waals surface area contributed by atoms with E-state index in [4.69, 9.17) is 14.7 Å². The van der Waals surface area contributed by atoms with Crippen LogP contribution in [-0.4, -0.2) is 30.5 Å².